The van der Waals surface area contributed by atoms with Gasteiger partial charge in [-0.1, -0.05) is 54.1 Å². The first-order valence-corrected chi connectivity index (χ1v) is 6.49. The lowest BCUT2D eigenvalue weighted by Crippen LogP contribution is -2.33. The van der Waals surface area contributed by atoms with E-state index in [9.17, 15) is 4.79 Å². The molecule has 0 saturated carbocycles. The van der Waals surface area contributed by atoms with E-state index >= 15 is 0 Å². The fraction of sp³-hybridized carbons (Fsp3) is 0.235. The summed E-state index contributed by atoms with van der Waals surface area (Å²) in [5.41, 5.74) is 10.0. The molecule has 2 aromatic carbocycles. The van der Waals surface area contributed by atoms with Gasteiger partial charge < -0.3 is 5.73 Å². The molecule has 2 heteroatoms. The molecular formula is C17H19NO. The van der Waals surface area contributed by atoms with Crippen LogP contribution in [-0.2, 0) is 6.42 Å². The second kappa shape index (κ2) is 5.81. The number of hydrogen-bond acceptors (Lipinski definition) is 2. The summed E-state index contributed by atoms with van der Waals surface area (Å²) in [5, 5.41) is 0. The van der Waals surface area contributed by atoms with Crippen molar-refractivity contribution in [2.75, 3.05) is 0 Å². The second-order valence-electron chi connectivity index (χ2n) is 4.98. The average molecular weight is 253 g/mol. The first-order chi connectivity index (χ1) is 9.08. The molecule has 2 aromatic rings. The average Bonchev–Trinajstić information content (AvgIpc) is 2.39. The molecule has 0 fully saturated rings. The lowest BCUT2D eigenvalue weighted by atomic mass is 9.95. The summed E-state index contributed by atoms with van der Waals surface area (Å²) in [5.74, 6) is 0.0151. The molecule has 0 bridgehead atoms. The predicted octanol–water partition coefficient (Wildman–Crippen LogP) is 3.06. The van der Waals surface area contributed by atoms with Crippen LogP contribution < -0.4 is 5.73 Å². The Kier molecular flexibility index (Phi) is 4.13. The van der Waals surface area contributed by atoms with Crippen LogP contribution in [0.1, 0.15) is 27.0 Å². The van der Waals surface area contributed by atoms with Crippen LogP contribution in [0, 0.1) is 13.8 Å². The maximum absolute atomic E-state index is 12.4. The van der Waals surface area contributed by atoms with Gasteiger partial charge in [0.05, 0.1) is 6.04 Å². The summed E-state index contributed by atoms with van der Waals surface area (Å²) in [7, 11) is 0. The van der Waals surface area contributed by atoms with Crippen molar-refractivity contribution in [1.82, 2.24) is 0 Å². The number of nitrogens with two attached hydrogens (primary N) is 1. The summed E-state index contributed by atoms with van der Waals surface area (Å²) in [4.78, 5) is 12.4. The third-order valence-electron chi connectivity index (χ3n) is 3.28. The van der Waals surface area contributed by atoms with Gasteiger partial charge in [-0.3, -0.25) is 4.79 Å². The van der Waals surface area contributed by atoms with Crippen LogP contribution in [0.15, 0.2) is 48.5 Å². The van der Waals surface area contributed by atoms with Gasteiger partial charge in [0.2, 0.25) is 0 Å². The maximum Gasteiger partial charge on any atom is 0.180 e. The minimum Gasteiger partial charge on any atom is -0.321 e. The Balaban J connectivity index is 2.15. The summed E-state index contributed by atoms with van der Waals surface area (Å²) >= 11 is 0. The van der Waals surface area contributed by atoms with Crippen molar-refractivity contribution in [3.63, 3.8) is 0 Å². The van der Waals surface area contributed by atoms with Crippen LogP contribution in [-0.4, -0.2) is 11.8 Å². The van der Waals surface area contributed by atoms with E-state index in [0.29, 0.717) is 6.42 Å². The Labute approximate surface area is 114 Å². The van der Waals surface area contributed by atoms with Crippen LogP contribution in [0.4, 0.5) is 0 Å². The van der Waals surface area contributed by atoms with Crippen molar-refractivity contribution < 1.29 is 4.79 Å². The third kappa shape index (κ3) is 3.30. The summed E-state index contributed by atoms with van der Waals surface area (Å²) in [6, 6.07) is 15.2. The highest BCUT2D eigenvalue weighted by Gasteiger charge is 2.17. The number of Topliss-reactive ketones (excluding diaryl/α,β-unsaturated/α-hetero) is 1. The van der Waals surface area contributed by atoms with E-state index in [1.54, 1.807) is 0 Å². The molecule has 0 aromatic heterocycles. The molecular weight excluding hydrogens is 234 g/mol. The molecule has 0 aliphatic heterocycles. The minimum atomic E-state index is -0.483. The molecule has 98 valence electrons. The van der Waals surface area contributed by atoms with Gasteiger partial charge in [0, 0.05) is 5.56 Å². The maximum atomic E-state index is 12.4. The van der Waals surface area contributed by atoms with Crippen molar-refractivity contribution in [2.24, 2.45) is 5.73 Å². The van der Waals surface area contributed by atoms with Crippen molar-refractivity contribution >= 4 is 5.78 Å². The molecule has 1 atom stereocenters. The summed E-state index contributed by atoms with van der Waals surface area (Å²) in [6.07, 6.45) is 0.576. The van der Waals surface area contributed by atoms with Crippen LogP contribution in [0.3, 0.4) is 0 Å². The quantitative estimate of drug-likeness (QED) is 0.851. The van der Waals surface area contributed by atoms with E-state index in [4.69, 9.17) is 5.73 Å². The Morgan fingerprint density at radius 2 is 1.79 bits per heavy atom. The third-order valence-corrected chi connectivity index (χ3v) is 3.28. The SMILES string of the molecule is Cc1ccc(C(=O)C(N)Cc2ccccc2)c(C)c1. The zero-order valence-electron chi connectivity index (χ0n) is 11.4. The van der Waals surface area contributed by atoms with Crippen molar-refractivity contribution in [3.8, 4) is 0 Å². The molecule has 2 nitrogen and oxygen atoms in total. The monoisotopic (exact) mass is 253 g/mol. The first kappa shape index (κ1) is 13.5. The van der Waals surface area contributed by atoms with E-state index in [0.717, 1.165) is 22.3 Å². The van der Waals surface area contributed by atoms with Crippen LogP contribution in [0.5, 0.6) is 0 Å². The van der Waals surface area contributed by atoms with E-state index in [1.807, 2.05) is 62.4 Å². The Bertz CT molecular complexity index is 575. The van der Waals surface area contributed by atoms with E-state index < -0.39 is 6.04 Å². The summed E-state index contributed by atoms with van der Waals surface area (Å²) < 4.78 is 0. The van der Waals surface area contributed by atoms with Crippen molar-refractivity contribution in [1.29, 1.82) is 0 Å². The smallest absolute Gasteiger partial charge is 0.180 e. The van der Waals surface area contributed by atoms with E-state index in [2.05, 4.69) is 0 Å². The molecule has 2 rings (SSSR count). The number of hydrogen-bond donors (Lipinski definition) is 1. The molecule has 0 aliphatic carbocycles. The number of rotatable bonds is 4. The van der Waals surface area contributed by atoms with Gasteiger partial charge in [0.25, 0.3) is 0 Å². The standard InChI is InChI=1S/C17H19NO/c1-12-8-9-15(13(2)10-12)17(19)16(18)11-14-6-4-3-5-7-14/h3-10,16H,11,18H2,1-2H3. The normalized spacial score (nSPS) is 12.2. The Hall–Kier alpha value is -1.93. The molecule has 1 unspecified atom stereocenters. The Morgan fingerprint density at radius 1 is 1.11 bits per heavy atom. The molecule has 0 saturated heterocycles. The largest absolute Gasteiger partial charge is 0.321 e. The van der Waals surface area contributed by atoms with Crippen LogP contribution >= 0.6 is 0 Å². The van der Waals surface area contributed by atoms with Gasteiger partial charge in [-0.2, -0.15) is 0 Å². The predicted molar refractivity (Wildman–Crippen MR) is 78.4 cm³/mol. The minimum absolute atomic E-state index is 0.0151. The number of carbonyl (C=O) groups excluding carboxylic acids is 1. The second-order valence-corrected chi connectivity index (χ2v) is 4.98. The first-order valence-electron chi connectivity index (χ1n) is 6.49. The fourth-order valence-electron chi connectivity index (χ4n) is 2.25. The van der Waals surface area contributed by atoms with Gasteiger partial charge in [0.1, 0.15) is 0 Å². The topological polar surface area (TPSA) is 43.1 Å². The van der Waals surface area contributed by atoms with E-state index in [-0.39, 0.29) is 5.78 Å². The lowest BCUT2D eigenvalue weighted by Gasteiger charge is -2.13. The number of benzene rings is 2. The molecule has 0 aliphatic rings. The van der Waals surface area contributed by atoms with Gasteiger partial charge in [-0.15, -0.1) is 0 Å². The Morgan fingerprint density at radius 3 is 2.42 bits per heavy atom. The highest BCUT2D eigenvalue weighted by atomic mass is 16.1. The molecule has 19 heavy (non-hydrogen) atoms. The molecule has 0 amide bonds. The number of carbonyl (C=O) groups is 1. The summed E-state index contributed by atoms with van der Waals surface area (Å²) in [6.45, 7) is 3.97. The van der Waals surface area contributed by atoms with Crippen LogP contribution in [0.2, 0.25) is 0 Å². The molecule has 0 heterocycles. The zero-order valence-corrected chi connectivity index (χ0v) is 11.4. The van der Waals surface area contributed by atoms with Crippen LogP contribution in [0.25, 0.3) is 0 Å². The van der Waals surface area contributed by atoms with Gasteiger partial charge >= 0.3 is 0 Å². The number of ketones is 1. The zero-order chi connectivity index (χ0) is 13.8. The van der Waals surface area contributed by atoms with E-state index in [1.165, 1.54) is 0 Å². The van der Waals surface area contributed by atoms with Gasteiger partial charge in [-0.05, 0) is 31.4 Å². The lowest BCUT2D eigenvalue weighted by molar-refractivity contribution is 0.0960. The molecule has 0 spiro atoms. The highest BCUT2D eigenvalue weighted by Crippen LogP contribution is 2.14. The molecule has 2 N–H and O–H groups in total. The van der Waals surface area contributed by atoms with Gasteiger partial charge in [0.15, 0.2) is 5.78 Å². The van der Waals surface area contributed by atoms with Crippen molar-refractivity contribution in [2.45, 2.75) is 26.3 Å². The van der Waals surface area contributed by atoms with Gasteiger partial charge in [-0.25, -0.2) is 0 Å². The highest BCUT2D eigenvalue weighted by molar-refractivity contribution is 6.01. The fourth-order valence-corrected chi connectivity index (χ4v) is 2.25. The molecule has 0 radical (unpaired) electrons. The van der Waals surface area contributed by atoms with Crippen molar-refractivity contribution in [3.05, 3.63) is 70.8 Å². The number of aryl methyl sites for hydroxylation is 2.